The topological polar surface area (TPSA) is 0 Å². The van der Waals surface area contributed by atoms with E-state index in [2.05, 4.69) is 124 Å². The van der Waals surface area contributed by atoms with Crippen molar-refractivity contribution in [3.05, 3.63) is 78.6 Å². The van der Waals surface area contributed by atoms with Gasteiger partial charge in [0.25, 0.3) is 0 Å². The second-order valence-electron chi connectivity index (χ2n) is 5.51. The summed E-state index contributed by atoms with van der Waals surface area (Å²) < 4.78 is 4.21. The number of rotatable bonds is 1. The monoisotopic (exact) mass is 566 g/mol. The highest BCUT2D eigenvalue weighted by atomic mass is 79.9. The lowest BCUT2D eigenvalue weighted by atomic mass is 10.0. The predicted octanol–water partition coefficient (Wildman–Crippen LogP) is 8.61. The molecule has 0 saturated carbocycles. The first kappa shape index (κ1) is 16.8. The minimum absolute atomic E-state index is 1.03. The summed E-state index contributed by atoms with van der Waals surface area (Å²) in [6.07, 6.45) is 0. The van der Waals surface area contributed by atoms with Gasteiger partial charge in [-0.3, -0.25) is 0 Å². The first-order chi connectivity index (χ1) is 11.6. The fourth-order valence-corrected chi connectivity index (χ4v) is 5.48. The molecule has 0 heterocycles. The molecule has 0 unspecified atom stereocenters. The van der Waals surface area contributed by atoms with E-state index in [1.807, 2.05) is 0 Å². The summed E-state index contributed by atoms with van der Waals surface area (Å²) in [5.74, 6) is 0. The lowest BCUT2D eigenvalue weighted by Gasteiger charge is -2.05. The van der Waals surface area contributed by atoms with Gasteiger partial charge in [0.15, 0.2) is 0 Å². The Kier molecular flexibility index (Phi) is 4.59. The molecule has 0 aromatic carbocycles. The van der Waals surface area contributed by atoms with Crippen molar-refractivity contribution in [3.8, 4) is 33.4 Å². The molecule has 0 N–H and O–H groups in total. The molecule has 0 radical (unpaired) electrons. The van der Waals surface area contributed by atoms with E-state index in [0.29, 0.717) is 0 Å². The number of halogens is 4. The van der Waals surface area contributed by atoms with Crippen LogP contribution >= 0.6 is 63.7 Å². The van der Waals surface area contributed by atoms with E-state index in [1.54, 1.807) is 0 Å². The summed E-state index contributed by atoms with van der Waals surface area (Å²) in [7, 11) is 0. The van der Waals surface area contributed by atoms with Crippen LogP contribution in [0.1, 0.15) is 0 Å². The summed E-state index contributed by atoms with van der Waals surface area (Å²) in [5.41, 5.74) is 7.29. The zero-order valence-electron chi connectivity index (χ0n) is 12.3. The highest BCUT2D eigenvalue weighted by molar-refractivity contribution is 9.13. The molecular weight excluding hydrogens is 560 g/mol. The Morgan fingerprint density at radius 3 is 2.00 bits per heavy atom. The Morgan fingerprint density at radius 1 is 0.458 bits per heavy atom. The molecule has 0 nitrogen and oxygen atoms in total. The maximum atomic E-state index is 3.80. The lowest BCUT2D eigenvalue weighted by molar-refractivity contribution is 1.65. The predicted molar refractivity (Wildman–Crippen MR) is 116 cm³/mol. The molecular formula is C20H10Br4. The summed E-state index contributed by atoms with van der Waals surface area (Å²) in [5, 5.41) is 0. The molecule has 0 aromatic rings. The molecule has 24 heavy (non-hydrogen) atoms. The largest absolute Gasteiger partial charge is 0.0622 e. The Balaban J connectivity index is 2.08. The van der Waals surface area contributed by atoms with Gasteiger partial charge in [0.05, 0.1) is 0 Å². The van der Waals surface area contributed by atoms with E-state index < -0.39 is 0 Å². The summed E-state index contributed by atoms with van der Waals surface area (Å²) >= 11 is 14.9. The van der Waals surface area contributed by atoms with Crippen molar-refractivity contribution in [1.29, 1.82) is 0 Å². The van der Waals surface area contributed by atoms with Gasteiger partial charge in [0, 0.05) is 29.0 Å². The second-order valence-corrected chi connectivity index (χ2v) is 8.74. The maximum absolute atomic E-state index is 3.80. The first-order valence-electron chi connectivity index (χ1n) is 7.32. The lowest BCUT2D eigenvalue weighted by Crippen LogP contribution is -1.78. The van der Waals surface area contributed by atoms with E-state index in [-0.39, 0.29) is 0 Å². The first-order valence-corrected chi connectivity index (χ1v) is 10.5. The Labute approximate surface area is 174 Å². The number of hydrogen-bond acceptors (Lipinski definition) is 0. The van der Waals surface area contributed by atoms with Crippen LogP contribution in [0.5, 0.6) is 0 Å². The van der Waals surface area contributed by atoms with Gasteiger partial charge < -0.3 is 0 Å². The van der Waals surface area contributed by atoms with Gasteiger partial charge >= 0.3 is 0 Å². The van der Waals surface area contributed by atoms with E-state index in [4.69, 9.17) is 0 Å². The molecule has 4 aliphatic rings. The van der Waals surface area contributed by atoms with Crippen molar-refractivity contribution in [3.63, 3.8) is 0 Å². The maximum Gasteiger partial charge on any atom is 0.0414 e. The highest BCUT2D eigenvalue weighted by Crippen LogP contribution is 2.54. The molecule has 4 rings (SSSR count). The molecule has 0 spiro atoms. The Bertz CT molecular complexity index is 1010. The average Bonchev–Trinajstić information content (AvgIpc) is 2.88. The fraction of sp³-hybridized carbons (Fsp3) is 0. The van der Waals surface area contributed by atoms with Gasteiger partial charge in [-0.1, -0.05) is 54.6 Å². The molecule has 118 valence electrons. The zero-order valence-corrected chi connectivity index (χ0v) is 18.6. The standard InChI is InChI=1S/C20H10Br4/c21-15-8-4-7-14-16(19(23)20(24)17(14)18(15)22)13-10-9-11-5-2-1-3-6-12(11)13/h1-10H. The van der Waals surface area contributed by atoms with Crippen molar-refractivity contribution in [2.75, 3.05) is 0 Å². The molecule has 0 amide bonds. The minimum Gasteiger partial charge on any atom is -0.0622 e. The van der Waals surface area contributed by atoms with Crippen molar-refractivity contribution in [1.82, 2.24) is 0 Å². The zero-order chi connectivity index (χ0) is 16.8. The molecule has 0 aliphatic heterocycles. The van der Waals surface area contributed by atoms with Crippen LogP contribution < -0.4 is 0 Å². The van der Waals surface area contributed by atoms with Crippen LogP contribution in [-0.2, 0) is 0 Å². The summed E-state index contributed by atoms with van der Waals surface area (Å²) in [4.78, 5) is 0. The van der Waals surface area contributed by atoms with E-state index in [9.17, 15) is 0 Å². The van der Waals surface area contributed by atoms with Gasteiger partial charge in [-0.05, 0) is 92.0 Å². The second kappa shape index (κ2) is 6.56. The molecule has 0 bridgehead atoms. The van der Waals surface area contributed by atoms with E-state index in [1.165, 1.54) is 27.8 Å². The van der Waals surface area contributed by atoms with Crippen molar-refractivity contribution >= 4 is 63.7 Å². The third-order valence-corrected chi connectivity index (χ3v) is 8.30. The van der Waals surface area contributed by atoms with Crippen molar-refractivity contribution < 1.29 is 0 Å². The van der Waals surface area contributed by atoms with Crippen LogP contribution in [0.25, 0.3) is 33.4 Å². The van der Waals surface area contributed by atoms with Gasteiger partial charge in [0.1, 0.15) is 0 Å². The number of fused-ring (bicyclic) bond motifs is 2. The van der Waals surface area contributed by atoms with Crippen LogP contribution in [0, 0.1) is 0 Å². The van der Waals surface area contributed by atoms with Crippen LogP contribution in [0.15, 0.2) is 78.6 Å². The molecule has 0 aromatic heterocycles. The van der Waals surface area contributed by atoms with Crippen LogP contribution in [0.2, 0.25) is 0 Å². The smallest absolute Gasteiger partial charge is 0.0414 e. The van der Waals surface area contributed by atoms with Crippen LogP contribution in [-0.4, -0.2) is 0 Å². The normalized spacial score (nSPS) is 11.3. The van der Waals surface area contributed by atoms with Crippen molar-refractivity contribution in [2.45, 2.75) is 0 Å². The van der Waals surface area contributed by atoms with Gasteiger partial charge in [-0.25, -0.2) is 0 Å². The molecule has 4 heteroatoms. The van der Waals surface area contributed by atoms with Crippen LogP contribution in [0.4, 0.5) is 0 Å². The van der Waals surface area contributed by atoms with Crippen LogP contribution in [0.3, 0.4) is 0 Å². The Hall–Kier alpha value is -0.680. The average molecular weight is 570 g/mol. The molecule has 4 aliphatic carbocycles. The third-order valence-electron chi connectivity index (χ3n) is 4.17. The molecule has 0 saturated heterocycles. The molecule has 0 fully saturated rings. The fourth-order valence-electron chi connectivity index (χ4n) is 3.08. The van der Waals surface area contributed by atoms with Gasteiger partial charge in [-0.2, -0.15) is 0 Å². The van der Waals surface area contributed by atoms with Crippen molar-refractivity contribution in [2.24, 2.45) is 0 Å². The minimum atomic E-state index is 1.03. The van der Waals surface area contributed by atoms with Gasteiger partial charge in [0.2, 0.25) is 0 Å². The van der Waals surface area contributed by atoms with E-state index >= 15 is 0 Å². The SMILES string of the molecule is Brc1cccc2c(-c3ccc4cccccc3-4)c(Br)c(Br)c-2c1Br. The van der Waals surface area contributed by atoms with E-state index in [0.717, 1.165) is 23.5 Å². The highest BCUT2D eigenvalue weighted by Gasteiger charge is 2.26. The van der Waals surface area contributed by atoms with Gasteiger partial charge in [-0.15, -0.1) is 0 Å². The third kappa shape index (κ3) is 2.59. The summed E-state index contributed by atoms with van der Waals surface area (Å²) in [6.45, 7) is 0. The Morgan fingerprint density at radius 2 is 1.17 bits per heavy atom. The quantitative estimate of drug-likeness (QED) is 0.215. The molecule has 0 atom stereocenters. The summed E-state index contributed by atoms with van der Waals surface area (Å²) in [6, 6.07) is 21.2. The number of hydrogen-bond donors (Lipinski definition) is 0.